The molecule has 0 bridgehead atoms. The van der Waals surface area contributed by atoms with Crippen LogP contribution in [0.1, 0.15) is 87.1 Å². The Labute approximate surface area is 193 Å². The van der Waals surface area contributed by atoms with Gasteiger partial charge in [0.05, 0.1) is 17.4 Å². The standard InChI is InChI=1S/C28H37N3O/c1-18-11-9-13-23(30-18)25(24-14-10-12-19(2)31-24)29-17-20-15-21(27(3,4)5)16-22(26(20)32)28(6,7)8/h9-16,25,29,32H,17H2,1-8H3. The summed E-state index contributed by atoms with van der Waals surface area (Å²) in [5.74, 6) is 0.367. The number of nitrogens with one attached hydrogen (secondary N) is 1. The first kappa shape index (κ1) is 23.9. The highest BCUT2D eigenvalue weighted by molar-refractivity contribution is 5.48. The van der Waals surface area contributed by atoms with Crippen LogP contribution < -0.4 is 5.32 Å². The minimum atomic E-state index is -0.175. The molecule has 0 spiro atoms. The van der Waals surface area contributed by atoms with Crippen molar-refractivity contribution < 1.29 is 5.11 Å². The van der Waals surface area contributed by atoms with Crippen LogP contribution in [0, 0.1) is 13.8 Å². The second-order valence-corrected chi connectivity index (χ2v) is 10.8. The van der Waals surface area contributed by atoms with Crippen LogP contribution in [0.15, 0.2) is 48.5 Å². The number of hydrogen-bond donors (Lipinski definition) is 2. The van der Waals surface area contributed by atoms with Gasteiger partial charge in [0.15, 0.2) is 0 Å². The zero-order valence-electron chi connectivity index (χ0n) is 20.7. The Morgan fingerprint density at radius 2 is 1.34 bits per heavy atom. The molecule has 4 heteroatoms. The molecular weight excluding hydrogens is 394 g/mol. The van der Waals surface area contributed by atoms with Crippen LogP contribution in [0.3, 0.4) is 0 Å². The average molecular weight is 432 g/mol. The maximum absolute atomic E-state index is 11.2. The van der Waals surface area contributed by atoms with Crippen molar-refractivity contribution in [3.8, 4) is 5.75 Å². The highest BCUT2D eigenvalue weighted by Crippen LogP contribution is 2.38. The van der Waals surface area contributed by atoms with Crippen LogP contribution in [-0.4, -0.2) is 15.1 Å². The molecule has 170 valence electrons. The zero-order valence-corrected chi connectivity index (χ0v) is 20.7. The van der Waals surface area contributed by atoms with Gasteiger partial charge in [-0.15, -0.1) is 0 Å². The molecule has 3 aromatic rings. The molecule has 0 unspecified atom stereocenters. The third-order valence-electron chi connectivity index (χ3n) is 5.77. The fourth-order valence-electron chi connectivity index (χ4n) is 3.86. The summed E-state index contributed by atoms with van der Waals surface area (Å²) in [5, 5.41) is 14.8. The van der Waals surface area contributed by atoms with Crippen molar-refractivity contribution in [2.45, 2.75) is 78.8 Å². The Hall–Kier alpha value is -2.72. The monoisotopic (exact) mass is 431 g/mol. The summed E-state index contributed by atoms with van der Waals surface area (Å²) < 4.78 is 0. The van der Waals surface area contributed by atoms with Gasteiger partial charge in [0.1, 0.15) is 5.75 Å². The van der Waals surface area contributed by atoms with Crippen LogP contribution in [0.4, 0.5) is 0 Å². The van der Waals surface area contributed by atoms with Gasteiger partial charge in [-0.25, -0.2) is 0 Å². The third-order valence-corrected chi connectivity index (χ3v) is 5.77. The SMILES string of the molecule is Cc1cccc(C(NCc2cc(C(C)(C)C)cc(C(C)(C)C)c2O)c2cccc(C)n2)n1. The van der Waals surface area contributed by atoms with E-state index in [4.69, 9.17) is 9.97 Å². The molecule has 0 saturated heterocycles. The average Bonchev–Trinajstić information content (AvgIpc) is 2.67. The molecule has 0 aliphatic heterocycles. The summed E-state index contributed by atoms with van der Waals surface area (Å²) in [6.45, 7) is 17.6. The van der Waals surface area contributed by atoms with E-state index in [2.05, 4.69) is 59.0 Å². The molecule has 2 heterocycles. The van der Waals surface area contributed by atoms with Crippen molar-refractivity contribution in [3.63, 3.8) is 0 Å². The molecule has 0 atom stereocenters. The van der Waals surface area contributed by atoms with Crippen molar-refractivity contribution in [2.24, 2.45) is 0 Å². The predicted molar refractivity (Wildman–Crippen MR) is 132 cm³/mol. The zero-order chi connectivity index (χ0) is 23.7. The van der Waals surface area contributed by atoms with Gasteiger partial charge in [-0.05, 0) is 60.1 Å². The van der Waals surface area contributed by atoms with Crippen molar-refractivity contribution in [1.82, 2.24) is 15.3 Å². The molecule has 0 fully saturated rings. The molecule has 4 nitrogen and oxygen atoms in total. The van der Waals surface area contributed by atoms with Crippen LogP contribution in [0.25, 0.3) is 0 Å². The van der Waals surface area contributed by atoms with Gasteiger partial charge in [0.2, 0.25) is 0 Å². The van der Waals surface area contributed by atoms with Gasteiger partial charge in [-0.2, -0.15) is 0 Å². The third kappa shape index (κ3) is 5.55. The summed E-state index contributed by atoms with van der Waals surface area (Å²) in [6.07, 6.45) is 0. The number of benzene rings is 1. The summed E-state index contributed by atoms with van der Waals surface area (Å²) >= 11 is 0. The molecule has 32 heavy (non-hydrogen) atoms. The Balaban J connectivity index is 2.04. The molecular formula is C28H37N3O. The van der Waals surface area contributed by atoms with Gasteiger partial charge >= 0.3 is 0 Å². The van der Waals surface area contributed by atoms with Gasteiger partial charge in [0.25, 0.3) is 0 Å². The van der Waals surface area contributed by atoms with Crippen molar-refractivity contribution in [3.05, 3.63) is 88.0 Å². The number of aromatic nitrogens is 2. The van der Waals surface area contributed by atoms with E-state index < -0.39 is 0 Å². The lowest BCUT2D eigenvalue weighted by atomic mass is 9.79. The summed E-state index contributed by atoms with van der Waals surface area (Å²) in [5.41, 5.74) is 6.69. The minimum absolute atomic E-state index is 0.0158. The maximum atomic E-state index is 11.2. The first-order valence-corrected chi connectivity index (χ1v) is 11.3. The first-order chi connectivity index (χ1) is 14.9. The van der Waals surface area contributed by atoms with E-state index in [0.29, 0.717) is 12.3 Å². The van der Waals surface area contributed by atoms with Gasteiger partial charge in [0, 0.05) is 23.5 Å². The lowest BCUT2D eigenvalue weighted by molar-refractivity contribution is 0.432. The number of phenolic OH excluding ortho intramolecular Hbond substituents is 1. The van der Waals surface area contributed by atoms with E-state index in [-0.39, 0.29) is 16.9 Å². The minimum Gasteiger partial charge on any atom is -0.507 e. The molecule has 1 aromatic carbocycles. The van der Waals surface area contributed by atoms with Crippen molar-refractivity contribution in [1.29, 1.82) is 0 Å². The Kier molecular flexibility index (Phi) is 6.75. The Bertz CT molecular complexity index is 1050. The highest BCUT2D eigenvalue weighted by atomic mass is 16.3. The number of aromatic hydroxyl groups is 1. The summed E-state index contributed by atoms with van der Waals surface area (Å²) in [4.78, 5) is 9.53. The molecule has 0 saturated carbocycles. The normalized spacial score (nSPS) is 12.4. The lowest BCUT2D eigenvalue weighted by Crippen LogP contribution is -2.25. The summed E-state index contributed by atoms with van der Waals surface area (Å²) in [7, 11) is 0. The molecule has 0 aliphatic carbocycles. The first-order valence-electron chi connectivity index (χ1n) is 11.3. The largest absolute Gasteiger partial charge is 0.507 e. The topological polar surface area (TPSA) is 58.0 Å². The van der Waals surface area contributed by atoms with Crippen LogP contribution in [0.2, 0.25) is 0 Å². The number of phenols is 1. The molecule has 2 aromatic heterocycles. The van der Waals surface area contributed by atoms with E-state index >= 15 is 0 Å². The number of hydrogen-bond acceptors (Lipinski definition) is 4. The number of rotatable bonds is 5. The fraction of sp³-hybridized carbons (Fsp3) is 0.429. The number of nitrogens with zero attached hydrogens (tertiary/aromatic N) is 2. The molecule has 0 aliphatic rings. The van der Waals surface area contributed by atoms with Crippen molar-refractivity contribution >= 4 is 0 Å². The van der Waals surface area contributed by atoms with E-state index in [1.54, 1.807) is 0 Å². The molecule has 0 amide bonds. The molecule has 0 radical (unpaired) electrons. The highest BCUT2D eigenvalue weighted by Gasteiger charge is 2.26. The molecule has 2 N–H and O–H groups in total. The van der Waals surface area contributed by atoms with E-state index in [1.165, 1.54) is 5.56 Å². The Morgan fingerprint density at radius 3 is 1.78 bits per heavy atom. The van der Waals surface area contributed by atoms with Crippen molar-refractivity contribution in [2.75, 3.05) is 0 Å². The quantitative estimate of drug-likeness (QED) is 0.500. The fourth-order valence-corrected chi connectivity index (χ4v) is 3.86. The van der Waals surface area contributed by atoms with Crippen LogP contribution in [0.5, 0.6) is 5.75 Å². The van der Waals surface area contributed by atoms with Crippen LogP contribution >= 0.6 is 0 Å². The van der Waals surface area contributed by atoms with Gasteiger partial charge in [-0.3, -0.25) is 15.3 Å². The summed E-state index contributed by atoms with van der Waals surface area (Å²) in [6, 6.07) is 16.2. The Morgan fingerprint density at radius 1 is 0.812 bits per heavy atom. The van der Waals surface area contributed by atoms with E-state index in [9.17, 15) is 5.11 Å². The predicted octanol–water partition coefficient (Wildman–Crippen LogP) is 6.27. The van der Waals surface area contributed by atoms with Crippen LogP contribution in [-0.2, 0) is 17.4 Å². The lowest BCUT2D eigenvalue weighted by Gasteiger charge is -2.28. The van der Waals surface area contributed by atoms with Gasteiger partial charge < -0.3 is 5.11 Å². The maximum Gasteiger partial charge on any atom is 0.123 e. The number of aryl methyl sites for hydroxylation is 2. The van der Waals surface area contributed by atoms with E-state index in [1.807, 2.05) is 50.2 Å². The smallest absolute Gasteiger partial charge is 0.123 e. The molecule has 3 rings (SSSR count). The van der Waals surface area contributed by atoms with Gasteiger partial charge in [-0.1, -0.05) is 65.8 Å². The second kappa shape index (κ2) is 9.03. The second-order valence-electron chi connectivity index (χ2n) is 10.8. The number of pyridine rings is 2. The van der Waals surface area contributed by atoms with E-state index in [0.717, 1.165) is 33.9 Å².